The molecular weight excluding hydrogens is 649 g/mol. The normalized spacial score (nSPS) is 19.4. The molecule has 1 aliphatic heterocycles. The van der Waals surface area contributed by atoms with Crippen molar-refractivity contribution in [2.24, 2.45) is 5.92 Å². The van der Waals surface area contributed by atoms with Crippen molar-refractivity contribution in [1.82, 2.24) is 19.5 Å². The van der Waals surface area contributed by atoms with Gasteiger partial charge in [0.1, 0.15) is 17.7 Å². The van der Waals surface area contributed by atoms with Gasteiger partial charge in [0.2, 0.25) is 0 Å². The van der Waals surface area contributed by atoms with E-state index >= 15 is 0 Å². The molecule has 0 amide bonds. The quantitative estimate of drug-likeness (QED) is 0.129. The van der Waals surface area contributed by atoms with E-state index in [9.17, 15) is 0 Å². The Morgan fingerprint density at radius 1 is 0.830 bits per heavy atom. The number of rotatable bonds is 6. The molecule has 2 aliphatic carbocycles. The topological polar surface area (TPSA) is 52.8 Å². The molecule has 256 valence electrons. The van der Waals surface area contributed by atoms with Crippen LogP contribution in [0.4, 0.5) is 0 Å². The van der Waals surface area contributed by atoms with Crippen molar-refractivity contribution in [3.63, 3.8) is 0 Å². The van der Waals surface area contributed by atoms with Gasteiger partial charge in [0.25, 0.3) is 0 Å². The molecule has 5 nitrogen and oxygen atoms in total. The average Bonchev–Trinajstić information content (AvgIpc) is 3.69. The molecule has 2 unspecified atom stereocenters. The molecule has 0 bridgehead atoms. The molecule has 4 aromatic carbocycles. The first kappa shape index (κ1) is 32.4. The zero-order valence-electron chi connectivity index (χ0n) is 29.8. The molecule has 0 saturated carbocycles. The minimum absolute atomic E-state index is 0.0690. The van der Waals surface area contributed by atoms with Crippen LogP contribution in [0.15, 0.2) is 146 Å². The summed E-state index contributed by atoms with van der Waals surface area (Å²) in [5, 5.41) is 2.41. The molecule has 3 aliphatic rings. The number of fused-ring (bicyclic) bond motifs is 6. The number of hydrogen-bond donors (Lipinski definition) is 0. The van der Waals surface area contributed by atoms with Crippen molar-refractivity contribution >= 4 is 38.6 Å². The third kappa shape index (κ3) is 5.83. The number of benzene rings is 4. The zero-order chi connectivity index (χ0) is 35.9. The van der Waals surface area contributed by atoms with Gasteiger partial charge in [-0.1, -0.05) is 128 Å². The summed E-state index contributed by atoms with van der Waals surface area (Å²) in [6, 6.07) is 32.1. The molecule has 2 aromatic heterocycles. The Morgan fingerprint density at radius 3 is 2.45 bits per heavy atom. The van der Waals surface area contributed by atoms with Gasteiger partial charge in [0, 0.05) is 45.0 Å². The summed E-state index contributed by atoms with van der Waals surface area (Å²) >= 11 is 0. The molecule has 0 radical (unpaired) electrons. The molecular formula is C48H38N4O. The molecule has 0 saturated heterocycles. The van der Waals surface area contributed by atoms with Crippen LogP contribution < -0.4 is 4.74 Å². The number of aromatic nitrogens is 4. The Morgan fingerprint density at radius 2 is 1.62 bits per heavy atom. The second-order valence-electron chi connectivity index (χ2n) is 13.9. The number of hydrogen-bond acceptors (Lipinski definition) is 4. The first-order chi connectivity index (χ1) is 26.1. The summed E-state index contributed by atoms with van der Waals surface area (Å²) < 4.78 is 9.10. The minimum atomic E-state index is -0.0690. The molecule has 0 spiro atoms. The Kier molecular flexibility index (Phi) is 8.29. The Labute approximate surface area is 310 Å². The standard InChI is InChI=1S/C48H38N4O/c1-4-6-19-37(5-2)52-42-21-14-13-20-38(42)39-25-22-34(29-43(39)52)35-23-26-40-41-27-24-36(28-31(3)45(41)53-44(40)30-35)48-50-46(32-15-9-7-10-16-32)49-47(51-48)33-17-11-8-12-18-33/h1,5-17,19-27,29-31,33,45H,18,28H2,2-3H3/b19-6-,37-5+/t31-,33?,45?/m0/s1. The van der Waals surface area contributed by atoms with Crippen molar-refractivity contribution in [1.29, 1.82) is 0 Å². The summed E-state index contributed by atoms with van der Waals surface area (Å²) in [6.45, 7) is 4.31. The lowest BCUT2D eigenvalue weighted by Gasteiger charge is -2.20. The van der Waals surface area contributed by atoms with Crippen LogP contribution in [0.2, 0.25) is 0 Å². The highest BCUT2D eigenvalue weighted by atomic mass is 16.5. The first-order valence-electron chi connectivity index (χ1n) is 18.3. The van der Waals surface area contributed by atoms with Crippen LogP contribution in [0, 0.1) is 18.3 Å². The number of nitrogens with zero attached hydrogens (tertiary/aromatic N) is 4. The van der Waals surface area contributed by atoms with Gasteiger partial charge in [-0.25, -0.2) is 15.0 Å². The van der Waals surface area contributed by atoms with Crippen LogP contribution in [0.25, 0.3) is 61.2 Å². The van der Waals surface area contributed by atoms with Gasteiger partial charge in [-0.05, 0) is 66.8 Å². The lowest BCUT2D eigenvalue weighted by molar-refractivity contribution is 0.215. The fourth-order valence-corrected chi connectivity index (χ4v) is 7.93. The molecule has 0 N–H and O–H groups in total. The predicted octanol–water partition coefficient (Wildman–Crippen LogP) is 11.2. The van der Waals surface area contributed by atoms with E-state index in [1.54, 1.807) is 6.08 Å². The lowest BCUT2D eigenvalue weighted by atomic mass is 9.91. The summed E-state index contributed by atoms with van der Waals surface area (Å²) in [5.74, 6) is 6.13. The van der Waals surface area contributed by atoms with Gasteiger partial charge in [0.15, 0.2) is 11.6 Å². The van der Waals surface area contributed by atoms with Gasteiger partial charge < -0.3 is 9.30 Å². The Balaban J connectivity index is 1.09. The maximum Gasteiger partial charge on any atom is 0.163 e. The Bertz CT molecular complexity index is 2640. The van der Waals surface area contributed by atoms with Gasteiger partial charge >= 0.3 is 0 Å². The van der Waals surface area contributed by atoms with Crippen molar-refractivity contribution in [2.75, 3.05) is 0 Å². The van der Waals surface area contributed by atoms with E-state index in [1.165, 1.54) is 16.3 Å². The van der Waals surface area contributed by atoms with Gasteiger partial charge in [0.05, 0.1) is 11.0 Å². The second-order valence-corrected chi connectivity index (χ2v) is 13.9. The molecule has 0 fully saturated rings. The first-order valence-corrected chi connectivity index (χ1v) is 18.3. The van der Waals surface area contributed by atoms with Crippen LogP contribution in [-0.2, 0) is 0 Å². The van der Waals surface area contributed by atoms with Crippen molar-refractivity contribution in [2.45, 2.75) is 38.7 Å². The second kappa shape index (κ2) is 13.6. The van der Waals surface area contributed by atoms with Crippen LogP contribution in [0.3, 0.4) is 0 Å². The summed E-state index contributed by atoms with van der Waals surface area (Å²) in [6.07, 6.45) is 26.0. The maximum atomic E-state index is 6.81. The zero-order valence-corrected chi connectivity index (χ0v) is 29.8. The van der Waals surface area contributed by atoms with Crippen molar-refractivity contribution < 1.29 is 4.74 Å². The minimum Gasteiger partial charge on any atom is -0.485 e. The van der Waals surface area contributed by atoms with E-state index in [1.807, 2.05) is 31.2 Å². The van der Waals surface area contributed by atoms with Crippen LogP contribution in [-0.4, -0.2) is 25.6 Å². The molecule has 9 rings (SSSR count). The van der Waals surface area contributed by atoms with Crippen LogP contribution in [0.5, 0.6) is 5.75 Å². The van der Waals surface area contributed by atoms with Crippen molar-refractivity contribution in [3.8, 4) is 40.6 Å². The van der Waals surface area contributed by atoms with Gasteiger partial charge in [-0.2, -0.15) is 0 Å². The van der Waals surface area contributed by atoms with E-state index in [0.717, 1.165) is 74.8 Å². The van der Waals surface area contributed by atoms with Gasteiger partial charge in [-0.3, -0.25) is 0 Å². The third-order valence-corrected chi connectivity index (χ3v) is 10.6. The van der Waals surface area contributed by atoms with Gasteiger partial charge in [-0.15, -0.1) is 6.42 Å². The third-order valence-electron chi connectivity index (χ3n) is 10.6. The van der Waals surface area contributed by atoms with E-state index < -0.39 is 0 Å². The molecule has 3 atom stereocenters. The lowest BCUT2D eigenvalue weighted by Crippen LogP contribution is -2.21. The highest BCUT2D eigenvalue weighted by Gasteiger charge is 2.35. The molecule has 53 heavy (non-hydrogen) atoms. The van der Waals surface area contributed by atoms with Crippen LogP contribution in [0.1, 0.15) is 49.8 Å². The van der Waals surface area contributed by atoms with E-state index in [-0.39, 0.29) is 17.9 Å². The fourth-order valence-electron chi connectivity index (χ4n) is 7.93. The summed E-state index contributed by atoms with van der Waals surface area (Å²) in [5.41, 5.74) is 9.96. The van der Waals surface area contributed by atoms with E-state index in [0.29, 0.717) is 5.82 Å². The Hall–Kier alpha value is -6.51. The molecule has 6 aromatic rings. The van der Waals surface area contributed by atoms with E-state index in [4.69, 9.17) is 26.1 Å². The highest BCUT2D eigenvalue weighted by molar-refractivity contribution is 6.11. The number of ether oxygens (including phenoxy) is 1. The summed E-state index contributed by atoms with van der Waals surface area (Å²) in [4.78, 5) is 15.1. The van der Waals surface area contributed by atoms with Crippen LogP contribution >= 0.6 is 0 Å². The predicted molar refractivity (Wildman–Crippen MR) is 218 cm³/mol. The SMILES string of the molecule is C#C/C=C\C(=C/C)n1c2ccccc2c2ccc(-c3ccc4c(c3)OC3C4=CC=C(c4nc(-c5ccccc5)nc(C5C=CC=CC5)n4)C[C@@H]3C)cc21. The largest absolute Gasteiger partial charge is 0.485 e. The number of para-hydroxylation sites is 1. The maximum absolute atomic E-state index is 6.81. The number of allylic oxidation sites excluding steroid dienone is 11. The molecule has 5 heteroatoms. The highest BCUT2D eigenvalue weighted by Crippen LogP contribution is 2.46. The average molecular weight is 687 g/mol. The fraction of sp³-hybridized carbons (Fsp3) is 0.146. The smallest absolute Gasteiger partial charge is 0.163 e. The van der Waals surface area contributed by atoms with E-state index in [2.05, 4.69) is 133 Å². The molecule has 3 heterocycles. The monoisotopic (exact) mass is 686 g/mol. The number of terminal acetylenes is 1. The summed E-state index contributed by atoms with van der Waals surface area (Å²) in [7, 11) is 0. The van der Waals surface area contributed by atoms with Crippen molar-refractivity contribution in [3.05, 3.63) is 163 Å².